The van der Waals surface area contributed by atoms with Gasteiger partial charge in [-0.15, -0.1) is 0 Å². The lowest BCUT2D eigenvalue weighted by Gasteiger charge is -2.30. The van der Waals surface area contributed by atoms with Crippen LogP contribution in [0.4, 0.5) is 10.1 Å². The molecule has 130 valence electrons. The largest absolute Gasteiger partial charge is 0.369 e. The van der Waals surface area contributed by atoms with Crippen molar-refractivity contribution in [2.45, 2.75) is 19.0 Å². The normalized spacial score (nSPS) is 15.6. The highest BCUT2D eigenvalue weighted by Gasteiger charge is 2.15. The van der Waals surface area contributed by atoms with Gasteiger partial charge in [0.15, 0.2) is 0 Å². The van der Waals surface area contributed by atoms with E-state index in [1.165, 1.54) is 0 Å². The number of nitrogens with one attached hydrogen (secondary N) is 1. The fourth-order valence-electron chi connectivity index (χ4n) is 3.16. The van der Waals surface area contributed by atoms with Gasteiger partial charge in [-0.1, -0.05) is 29.8 Å². The van der Waals surface area contributed by atoms with Crippen LogP contribution in [0.3, 0.4) is 0 Å². The van der Waals surface area contributed by atoms with Gasteiger partial charge in [-0.25, -0.2) is 4.39 Å². The van der Waals surface area contributed by atoms with Gasteiger partial charge in [-0.05, 0) is 48.2 Å². The van der Waals surface area contributed by atoms with Gasteiger partial charge in [0.2, 0.25) is 0 Å². The predicted octanol–water partition coefficient (Wildman–Crippen LogP) is 4.26. The van der Waals surface area contributed by atoms with Gasteiger partial charge in [0.25, 0.3) is 0 Å². The molecule has 2 aromatic rings. The molecule has 1 atom stereocenters. The Kier molecular flexibility index (Phi) is 5.91. The molecule has 0 bridgehead atoms. The average Bonchev–Trinajstić information content (AvgIpc) is 2.67. The fraction of sp³-hybridized carbons (Fsp3) is 0.350. The second kappa shape index (κ2) is 8.33. The third-order valence-electron chi connectivity index (χ3n) is 4.57. The van der Waals surface area contributed by atoms with E-state index in [2.05, 4.69) is 16.3 Å². The highest BCUT2D eigenvalue weighted by molar-refractivity contribution is 6.30. The number of aryl methyl sites for hydroxylation is 1. The number of anilines is 1. The topological polar surface area (TPSA) is 39.1 Å². The quantitative estimate of drug-likeness (QED) is 0.868. The number of nitrogens with zero attached hydrogens (tertiary/aromatic N) is 2. The molecule has 0 saturated carbocycles. The third-order valence-corrected chi connectivity index (χ3v) is 4.81. The van der Waals surface area contributed by atoms with Gasteiger partial charge in [0.05, 0.1) is 11.6 Å². The van der Waals surface area contributed by atoms with Crippen LogP contribution in [0, 0.1) is 11.3 Å². The summed E-state index contributed by atoms with van der Waals surface area (Å²) in [4.78, 5) is 2.28. The van der Waals surface area contributed by atoms with Crippen molar-refractivity contribution in [2.24, 2.45) is 0 Å². The van der Waals surface area contributed by atoms with Crippen LogP contribution in [-0.4, -0.2) is 26.2 Å². The fourth-order valence-corrected chi connectivity index (χ4v) is 3.33. The van der Waals surface area contributed by atoms with E-state index in [9.17, 15) is 9.65 Å². The van der Waals surface area contributed by atoms with Crippen LogP contribution in [0.2, 0.25) is 5.02 Å². The predicted molar refractivity (Wildman–Crippen MR) is 99.9 cm³/mol. The summed E-state index contributed by atoms with van der Waals surface area (Å²) in [7, 11) is 0. The molecule has 3 rings (SSSR count). The number of alkyl halides is 1. The Labute approximate surface area is 153 Å². The summed E-state index contributed by atoms with van der Waals surface area (Å²) in [6.07, 6.45) is -0.189. The summed E-state index contributed by atoms with van der Waals surface area (Å²) in [5.41, 5.74) is 3.14. The zero-order valence-electron chi connectivity index (χ0n) is 14.0. The maximum atomic E-state index is 14.7. The number of halogens is 2. The van der Waals surface area contributed by atoms with Crippen molar-refractivity contribution in [3.05, 3.63) is 64.2 Å². The first-order chi connectivity index (χ1) is 12.2. The highest BCUT2D eigenvalue weighted by atomic mass is 35.5. The maximum Gasteiger partial charge on any atom is 0.126 e. The molecular weight excluding hydrogens is 337 g/mol. The molecule has 0 spiro atoms. The molecule has 1 N–H and O–H groups in total. The van der Waals surface area contributed by atoms with Gasteiger partial charge in [-0.3, -0.25) is 0 Å². The monoisotopic (exact) mass is 357 g/mol. The average molecular weight is 358 g/mol. The third kappa shape index (κ3) is 4.50. The molecule has 3 nitrogen and oxygen atoms in total. The van der Waals surface area contributed by atoms with Crippen LogP contribution in [-0.2, 0) is 6.42 Å². The van der Waals surface area contributed by atoms with E-state index in [0.29, 0.717) is 29.0 Å². The number of rotatable bonds is 5. The molecule has 1 heterocycles. The van der Waals surface area contributed by atoms with Crippen molar-refractivity contribution in [1.29, 1.82) is 5.26 Å². The molecular formula is C20H21ClFN3. The minimum Gasteiger partial charge on any atom is -0.369 e. The Morgan fingerprint density at radius 2 is 2.00 bits per heavy atom. The van der Waals surface area contributed by atoms with Gasteiger partial charge in [0.1, 0.15) is 6.17 Å². The molecule has 0 aromatic heterocycles. The van der Waals surface area contributed by atoms with Crippen molar-refractivity contribution < 1.29 is 4.39 Å². The van der Waals surface area contributed by atoms with E-state index >= 15 is 0 Å². The number of hydrogen-bond donors (Lipinski definition) is 1. The summed E-state index contributed by atoms with van der Waals surface area (Å²) in [5, 5.41) is 13.0. The van der Waals surface area contributed by atoms with Crippen LogP contribution in [0.1, 0.15) is 29.3 Å². The standard InChI is InChI=1S/C20H21ClFN3/c21-18-6-4-15(17(12-18)14-23)5-7-20(22)16-2-1-3-19(13-16)25-10-8-24-9-11-25/h1-4,6,12-13,20,24H,5,7-11H2/t20-/m1/s1. The molecule has 1 saturated heterocycles. The lowest BCUT2D eigenvalue weighted by Crippen LogP contribution is -2.43. The van der Waals surface area contributed by atoms with Crippen molar-refractivity contribution in [2.75, 3.05) is 31.1 Å². The van der Waals surface area contributed by atoms with Crippen molar-refractivity contribution >= 4 is 17.3 Å². The SMILES string of the molecule is N#Cc1cc(Cl)ccc1CC[C@@H](F)c1cccc(N2CCNCC2)c1. The molecule has 1 aliphatic heterocycles. The summed E-state index contributed by atoms with van der Waals surface area (Å²) in [5.74, 6) is 0. The Morgan fingerprint density at radius 1 is 1.20 bits per heavy atom. The van der Waals surface area contributed by atoms with Crippen LogP contribution >= 0.6 is 11.6 Å². The van der Waals surface area contributed by atoms with Crippen molar-refractivity contribution in [1.82, 2.24) is 5.32 Å². The minimum absolute atomic E-state index is 0.349. The first kappa shape index (κ1) is 17.7. The molecule has 0 amide bonds. The lowest BCUT2D eigenvalue weighted by atomic mass is 9.99. The van der Waals surface area contributed by atoms with E-state index < -0.39 is 6.17 Å². The van der Waals surface area contributed by atoms with Gasteiger partial charge in [0, 0.05) is 36.9 Å². The molecule has 1 aliphatic rings. The van der Waals surface area contributed by atoms with Crippen LogP contribution in [0.15, 0.2) is 42.5 Å². The van der Waals surface area contributed by atoms with Crippen LogP contribution < -0.4 is 10.2 Å². The van der Waals surface area contributed by atoms with Crippen LogP contribution in [0.25, 0.3) is 0 Å². The smallest absolute Gasteiger partial charge is 0.126 e. The Hall–Kier alpha value is -2.09. The Balaban J connectivity index is 1.67. The Morgan fingerprint density at radius 3 is 2.76 bits per heavy atom. The summed E-state index contributed by atoms with van der Waals surface area (Å²) >= 11 is 5.91. The van der Waals surface area contributed by atoms with E-state index in [0.717, 1.165) is 37.4 Å². The number of hydrogen-bond acceptors (Lipinski definition) is 3. The highest BCUT2D eigenvalue weighted by Crippen LogP contribution is 2.28. The van der Waals surface area contributed by atoms with Gasteiger partial charge >= 0.3 is 0 Å². The Bertz CT molecular complexity index is 766. The molecule has 25 heavy (non-hydrogen) atoms. The van der Waals surface area contributed by atoms with Crippen molar-refractivity contribution in [3.8, 4) is 6.07 Å². The molecule has 0 unspecified atom stereocenters. The molecule has 1 fully saturated rings. The number of benzene rings is 2. The lowest BCUT2D eigenvalue weighted by molar-refractivity contribution is 0.323. The summed E-state index contributed by atoms with van der Waals surface area (Å²) < 4.78 is 14.7. The zero-order valence-corrected chi connectivity index (χ0v) is 14.8. The number of nitriles is 1. The summed E-state index contributed by atoms with van der Waals surface area (Å²) in [6.45, 7) is 3.79. The van der Waals surface area contributed by atoms with E-state index in [1.54, 1.807) is 12.1 Å². The van der Waals surface area contributed by atoms with E-state index in [-0.39, 0.29) is 0 Å². The maximum absolute atomic E-state index is 14.7. The van der Waals surface area contributed by atoms with E-state index in [1.807, 2.05) is 30.3 Å². The first-order valence-electron chi connectivity index (χ1n) is 8.55. The first-order valence-corrected chi connectivity index (χ1v) is 8.93. The van der Waals surface area contributed by atoms with Crippen molar-refractivity contribution in [3.63, 3.8) is 0 Å². The minimum atomic E-state index is -1.05. The van der Waals surface area contributed by atoms with Gasteiger partial charge in [-0.2, -0.15) is 5.26 Å². The van der Waals surface area contributed by atoms with E-state index in [4.69, 9.17) is 11.6 Å². The van der Waals surface area contributed by atoms with Gasteiger partial charge < -0.3 is 10.2 Å². The molecule has 0 radical (unpaired) electrons. The molecule has 2 aromatic carbocycles. The zero-order chi connectivity index (χ0) is 17.6. The summed E-state index contributed by atoms with van der Waals surface area (Å²) in [6, 6.07) is 15.1. The second-order valence-corrected chi connectivity index (χ2v) is 6.69. The second-order valence-electron chi connectivity index (χ2n) is 6.25. The van der Waals surface area contributed by atoms with Crippen LogP contribution in [0.5, 0.6) is 0 Å². The molecule has 0 aliphatic carbocycles. The molecule has 5 heteroatoms. The number of piperazine rings is 1.